The van der Waals surface area contributed by atoms with Gasteiger partial charge in [-0.3, -0.25) is 5.10 Å². The summed E-state index contributed by atoms with van der Waals surface area (Å²) in [5, 5.41) is 24.8. The van der Waals surface area contributed by atoms with Gasteiger partial charge >= 0.3 is 6.09 Å². The molecule has 3 aromatic heterocycles. The fraction of sp³-hybridized carbons (Fsp3) is 0.545. The van der Waals surface area contributed by atoms with Crippen molar-refractivity contribution in [3.05, 3.63) is 35.3 Å². The highest BCUT2D eigenvalue weighted by Gasteiger charge is 2.57. The lowest BCUT2D eigenvalue weighted by molar-refractivity contribution is -0.0448. The first-order valence-corrected chi connectivity index (χ1v) is 12.1. The number of carbonyl (C=O) groups is 1. The van der Waals surface area contributed by atoms with Gasteiger partial charge in [0.2, 0.25) is 0 Å². The summed E-state index contributed by atoms with van der Waals surface area (Å²) < 4.78 is 2.56. The lowest BCUT2D eigenvalue weighted by Gasteiger charge is -2.61. The number of rotatable bonds is 3. The zero-order chi connectivity index (χ0) is 23.0. The van der Waals surface area contributed by atoms with Crippen LogP contribution in [0.15, 0.2) is 35.3 Å². The van der Waals surface area contributed by atoms with Crippen LogP contribution < -0.4 is 10.6 Å². The first-order valence-electron chi connectivity index (χ1n) is 11.3. The third kappa shape index (κ3) is 5.99. The van der Waals surface area contributed by atoms with Crippen LogP contribution in [0.1, 0.15) is 65.2 Å². The minimum atomic E-state index is -0.867. The van der Waals surface area contributed by atoms with Crippen LogP contribution in [-0.2, 0) is 0 Å². The van der Waals surface area contributed by atoms with E-state index in [4.69, 9.17) is 5.11 Å². The van der Waals surface area contributed by atoms with Crippen LogP contribution in [-0.4, -0.2) is 41.5 Å². The molecule has 2 bridgehead atoms. The van der Waals surface area contributed by atoms with Gasteiger partial charge in [0, 0.05) is 11.6 Å². The summed E-state index contributed by atoms with van der Waals surface area (Å²) in [6.07, 6.45) is 15.0. The smallest absolute Gasteiger partial charge is 0.405 e. The summed E-state index contributed by atoms with van der Waals surface area (Å²) in [5.74, 6) is 2.36. The Bertz CT molecular complexity index is 961. The van der Waals surface area contributed by atoms with Gasteiger partial charge in [0.1, 0.15) is 15.9 Å². The van der Waals surface area contributed by atoms with Crippen LogP contribution in [0.3, 0.4) is 0 Å². The van der Waals surface area contributed by atoms with Crippen molar-refractivity contribution >= 4 is 39.2 Å². The number of fused-ring (bicyclic) bond motifs is 1. The monoisotopic (exact) mass is 505 g/mol. The fourth-order valence-corrected chi connectivity index (χ4v) is 4.57. The average molecular weight is 506 g/mol. The Morgan fingerprint density at radius 3 is 2.28 bits per heavy atom. The number of H-pyrrole nitrogens is 1. The fourth-order valence-electron chi connectivity index (χ4n) is 4.18. The van der Waals surface area contributed by atoms with E-state index < -0.39 is 6.09 Å². The number of halogens is 1. The van der Waals surface area contributed by atoms with Crippen molar-refractivity contribution in [2.45, 2.75) is 70.8 Å². The second-order valence-electron chi connectivity index (χ2n) is 8.11. The Morgan fingerprint density at radius 2 is 1.81 bits per heavy atom. The van der Waals surface area contributed by atoms with Crippen LogP contribution in [0.4, 0.5) is 16.4 Å². The molecular formula is C22H32BrN7O2. The highest BCUT2D eigenvalue weighted by atomic mass is 79.9. The first-order chi connectivity index (χ1) is 15.5. The maximum absolute atomic E-state index is 10.1. The zero-order valence-electron chi connectivity index (χ0n) is 18.6. The maximum atomic E-state index is 10.1. The van der Waals surface area contributed by atoms with E-state index >= 15 is 0 Å². The predicted molar refractivity (Wildman–Crippen MR) is 128 cm³/mol. The number of nitrogens with one attached hydrogen (secondary N) is 3. The lowest BCUT2D eigenvalue weighted by atomic mass is 9.50. The molecule has 9 nitrogen and oxygen atoms in total. The average Bonchev–Trinajstić information content (AvgIpc) is 3.51. The van der Waals surface area contributed by atoms with Crippen molar-refractivity contribution in [1.29, 1.82) is 0 Å². The molecule has 32 heavy (non-hydrogen) atoms. The molecule has 4 aliphatic rings. The zero-order valence-corrected chi connectivity index (χ0v) is 20.2. The normalized spacial score (nSPS) is 21.9. The molecule has 0 aliphatic heterocycles. The van der Waals surface area contributed by atoms with Gasteiger partial charge in [-0.1, -0.05) is 46.0 Å². The molecule has 7 rings (SSSR count). The van der Waals surface area contributed by atoms with E-state index in [1.807, 2.05) is 26.0 Å². The number of hydrogen-bond acceptors (Lipinski definition) is 5. The molecular weight excluding hydrogens is 474 g/mol. The molecule has 4 N–H and O–H groups in total. The minimum absolute atomic E-state index is 0.0382. The number of aromatic amines is 1. The van der Waals surface area contributed by atoms with E-state index in [2.05, 4.69) is 46.8 Å². The number of amides is 1. The third-order valence-corrected chi connectivity index (χ3v) is 6.34. The first kappa shape index (κ1) is 24.0. The number of aromatic nitrogens is 5. The van der Waals surface area contributed by atoms with Crippen LogP contribution in [0, 0.1) is 5.92 Å². The van der Waals surface area contributed by atoms with Gasteiger partial charge in [0.25, 0.3) is 0 Å². The molecule has 4 fully saturated rings. The van der Waals surface area contributed by atoms with Crippen LogP contribution in [0.25, 0.3) is 5.52 Å². The molecule has 0 unspecified atom stereocenters. The largest absolute Gasteiger partial charge is 0.465 e. The molecule has 3 aromatic rings. The number of hydrogen-bond donors (Lipinski definition) is 4. The number of carboxylic acid groups (broad SMARTS) is 1. The second-order valence-corrected chi connectivity index (χ2v) is 8.92. The van der Waals surface area contributed by atoms with E-state index in [1.165, 1.54) is 32.1 Å². The molecule has 174 valence electrons. The van der Waals surface area contributed by atoms with Crippen molar-refractivity contribution in [3.63, 3.8) is 0 Å². The number of anilines is 2. The van der Waals surface area contributed by atoms with Crippen molar-refractivity contribution in [2.75, 3.05) is 5.32 Å². The maximum Gasteiger partial charge on any atom is 0.405 e. The van der Waals surface area contributed by atoms with Crippen molar-refractivity contribution < 1.29 is 9.90 Å². The van der Waals surface area contributed by atoms with E-state index in [-0.39, 0.29) is 5.54 Å². The van der Waals surface area contributed by atoms with Crippen molar-refractivity contribution in [2.24, 2.45) is 5.92 Å². The topological polar surface area (TPSA) is 120 Å². The van der Waals surface area contributed by atoms with Gasteiger partial charge in [-0.2, -0.15) is 10.2 Å². The summed E-state index contributed by atoms with van der Waals surface area (Å²) >= 11 is 3.38. The summed E-state index contributed by atoms with van der Waals surface area (Å²) in [6.45, 7) is 4.00. The van der Waals surface area contributed by atoms with Gasteiger partial charge in [-0.05, 0) is 47.2 Å². The van der Waals surface area contributed by atoms with Gasteiger partial charge in [-0.25, -0.2) is 14.3 Å². The Kier molecular flexibility index (Phi) is 8.49. The third-order valence-electron chi connectivity index (χ3n) is 5.80. The summed E-state index contributed by atoms with van der Waals surface area (Å²) in [4.78, 5) is 14.4. The highest BCUT2D eigenvalue weighted by Crippen LogP contribution is 2.56. The van der Waals surface area contributed by atoms with Gasteiger partial charge in [0.15, 0.2) is 5.82 Å². The SMILES string of the molecule is Brc1cnc(Nc2ccn[nH]2)c2ccnn12.C1CCCC1.CC.O=C(O)NC12CC(C1)C2. The summed E-state index contributed by atoms with van der Waals surface area (Å²) in [6, 6.07) is 3.72. The van der Waals surface area contributed by atoms with Crippen molar-refractivity contribution in [3.8, 4) is 0 Å². The Hall–Kier alpha value is -2.62. The molecule has 0 atom stereocenters. The van der Waals surface area contributed by atoms with E-state index in [9.17, 15) is 4.79 Å². The molecule has 1 amide bonds. The Morgan fingerprint density at radius 1 is 1.16 bits per heavy atom. The molecule has 3 heterocycles. The molecule has 0 spiro atoms. The molecule has 10 heteroatoms. The van der Waals surface area contributed by atoms with E-state index in [1.54, 1.807) is 23.1 Å². The van der Waals surface area contributed by atoms with Crippen LogP contribution >= 0.6 is 15.9 Å². The quantitative estimate of drug-likeness (QED) is 0.360. The van der Waals surface area contributed by atoms with Crippen molar-refractivity contribution in [1.82, 2.24) is 30.1 Å². The lowest BCUT2D eigenvalue weighted by Crippen LogP contribution is -2.67. The Balaban J connectivity index is 0.000000151. The molecule has 0 aromatic carbocycles. The van der Waals surface area contributed by atoms with Gasteiger partial charge in [-0.15, -0.1) is 0 Å². The minimum Gasteiger partial charge on any atom is -0.465 e. The van der Waals surface area contributed by atoms with Gasteiger partial charge in [0.05, 0.1) is 18.6 Å². The standard InChI is InChI=1S/C9H7BrN6.C6H9NO2.C5H10.C2H6/c10-7-5-11-9(6-1-4-13-16(6)7)14-8-2-3-12-15-8;8-5(9)7-6-1-4(2-6)3-6;1-2-4-5-3-1;1-2/h1-5H,(H2,11,12,14,15);4,7H,1-3H2,(H,8,9);1-5H2;1-2H3. The molecule has 4 aliphatic carbocycles. The highest BCUT2D eigenvalue weighted by molar-refractivity contribution is 9.10. The van der Waals surface area contributed by atoms with Gasteiger partial charge < -0.3 is 15.7 Å². The summed E-state index contributed by atoms with van der Waals surface area (Å²) in [7, 11) is 0. The molecule has 4 saturated carbocycles. The summed E-state index contributed by atoms with van der Waals surface area (Å²) in [5.41, 5.74) is 0.931. The van der Waals surface area contributed by atoms with Crippen LogP contribution in [0.2, 0.25) is 0 Å². The molecule has 0 saturated heterocycles. The molecule has 0 radical (unpaired) electrons. The predicted octanol–water partition coefficient (Wildman–Crippen LogP) is 5.74. The second kappa shape index (κ2) is 11.3. The number of nitrogens with zero attached hydrogens (tertiary/aromatic N) is 4. The van der Waals surface area contributed by atoms with Crippen LogP contribution in [0.5, 0.6) is 0 Å². The van der Waals surface area contributed by atoms with E-state index in [0.29, 0.717) is 0 Å². The van der Waals surface area contributed by atoms with E-state index in [0.717, 1.165) is 46.9 Å². The Labute approximate surface area is 196 Å².